The van der Waals surface area contributed by atoms with Crippen LogP contribution in [0.3, 0.4) is 0 Å². The molecule has 23 heavy (non-hydrogen) atoms. The molecule has 0 saturated heterocycles. The number of halogens is 2. The minimum absolute atomic E-state index is 0.230. The molecule has 0 saturated carbocycles. The Morgan fingerprint density at radius 3 is 1.91 bits per heavy atom. The van der Waals surface area contributed by atoms with E-state index in [0.717, 1.165) is 16.0 Å². The minimum atomic E-state index is -1.12. The van der Waals surface area contributed by atoms with Gasteiger partial charge >= 0.3 is 0 Å². The van der Waals surface area contributed by atoms with Crippen LogP contribution in [0.5, 0.6) is 0 Å². The molecule has 3 rings (SSSR count). The minimum Gasteiger partial charge on any atom is -0.258 e. The van der Waals surface area contributed by atoms with E-state index in [4.69, 9.17) is 23.2 Å². The predicted molar refractivity (Wildman–Crippen MR) is 98.7 cm³/mol. The lowest BCUT2D eigenvalue weighted by molar-refractivity contribution is 0.678. The van der Waals surface area contributed by atoms with Gasteiger partial charge in [-0.15, -0.1) is 11.3 Å². The van der Waals surface area contributed by atoms with Gasteiger partial charge in [-0.25, -0.2) is 0 Å². The maximum atomic E-state index is 13.0. The molecule has 0 radical (unpaired) electrons. The van der Waals surface area contributed by atoms with E-state index in [9.17, 15) is 4.21 Å². The topological polar surface area (TPSA) is 30.0 Å². The van der Waals surface area contributed by atoms with E-state index >= 15 is 0 Å². The fourth-order valence-electron chi connectivity index (χ4n) is 2.31. The second-order valence-corrected chi connectivity index (χ2v) is 8.34. The quantitative estimate of drug-likeness (QED) is 0.584. The number of rotatable bonds is 5. The number of hydrogen-bond acceptors (Lipinski definition) is 3. The number of hydrogen-bond donors (Lipinski definition) is 0. The van der Waals surface area contributed by atoms with E-state index in [1.54, 1.807) is 11.7 Å². The molecule has 0 fully saturated rings. The van der Waals surface area contributed by atoms with Gasteiger partial charge in [-0.05, 0) is 35.4 Å². The molecule has 0 amide bonds. The third-order valence-corrected chi connectivity index (χ3v) is 6.51. The van der Waals surface area contributed by atoms with Crippen LogP contribution in [0.15, 0.2) is 60.2 Å². The molecule has 0 N–H and O–H groups in total. The van der Waals surface area contributed by atoms with E-state index in [1.165, 1.54) is 11.3 Å². The van der Waals surface area contributed by atoms with Crippen molar-refractivity contribution in [3.63, 3.8) is 0 Å². The van der Waals surface area contributed by atoms with Gasteiger partial charge in [0.25, 0.3) is 0 Å². The summed E-state index contributed by atoms with van der Waals surface area (Å²) in [4.78, 5) is 5.06. The van der Waals surface area contributed by atoms with Gasteiger partial charge in [-0.1, -0.05) is 47.5 Å². The first-order valence-corrected chi connectivity index (χ1v) is 9.91. The lowest BCUT2D eigenvalue weighted by atomic mass is 10.0. The van der Waals surface area contributed by atoms with Crippen LogP contribution in [0.25, 0.3) is 0 Å². The highest BCUT2D eigenvalue weighted by atomic mass is 35.5. The summed E-state index contributed by atoms with van der Waals surface area (Å²) in [6, 6.07) is 15.0. The van der Waals surface area contributed by atoms with Gasteiger partial charge in [-0.3, -0.25) is 9.19 Å². The average molecular weight is 382 g/mol. The molecule has 0 aliphatic carbocycles. The second-order valence-electron chi connectivity index (χ2n) is 4.98. The Balaban J connectivity index is 1.97. The molecule has 0 aliphatic heterocycles. The molecule has 3 aromatic rings. The molecule has 2 nitrogen and oxygen atoms in total. The predicted octanol–water partition coefficient (Wildman–Crippen LogP) is 5.49. The van der Waals surface area contributed by atoms with Crippen molar-refractivity contribution >= 4 is 45.3 Å². The van der Waals surface area contributed by atoms with E-state index < -0.39 is 10.8 Å². The molecular formula is C17H13Cl2NOS2. The first kappa shape index (κ1) is 16.7. The van der Waals surface area contributed by atoms with Gasteiger partial charge in [-0.2, -0.15) is 0 Å². The van der Waals surface area contributed by atoms with Crippen LogP contribution in [0.4, 0.5) is 0 Å². The van der Waals surface area contributed by atoms with Gasteiger partial charge in [0.2, 0.25) is 0 Å². The lowest BCUT2D eigenvalue weighted by Gasteiger charge is -2.17. The highest BCUT2D eigenvalue weighted by Crippen LogP contribution is 2.32. The van der Waals surface area contributed by atoms with Crippen LogP contribution in [-0.2, 0) is 16.6 Å². The van der Waals surface area contributed by atoms with Crippen LogP contribution in [-0.4, -0.2) is 9.19 Å². The van der Waals surface area contributed by atoms with Crippen molar-refractivity contribution in [3.05, 3.63) is 86.3 Å². The molecule has 0 unspecified atom stereocenters. The van der Waals surface area contributed by atoms with E-state index in [2.05, 4.69) is 4.98 Å². The summed E-state index contributed by atoms with van der Waals surface area (Å²) in [6.45, 7) is 0. The Kier molecular flexibility index (Phi) is 5.49. The molecule has 2 aromatic carbocycles. The summed E-state index contributed by atoms with van der Waals surface area (Å²) >= 11 is 13.5. The first-order valence-electron chi connectivity index (χ1n) is 6.89. The van der Waals surface area contributed by atoms with Gasteiger partial charge in [0.15, 0.2) is 0 Å². The lowest BCUT2D eigenvalue weighted by Crippen LogP contribution is -2.10. The van der Waals surface area contributed by atoms with E-state index in [-0.39, 0.29) is 5.25 Å². The fourth-order valence-corrected chi connectivity index (χ4v) is 5.00. The molecule has 0 spiro atoms. The zero-order valence-electron chi connectivity index (χ0n) is 12.0. The zero-order valence-corrected chi connectivity index (χ0v) is 15.1. The molecule has 1 aromatic heterocycles. The maximum Gasteiger partial charge on any atom is 0.0850 e. The summed E-state index contributed by atoms with van der Waals surface area (Å²) < 4.78 is 13.0. The van der Waals surface area contributed by atoms with Crippen molar-refractivity contribution in [1.82, 2.24) is 4.98 Å². The monoisotopic (exact) mass is 381 g/mol. The highest BCUT2D eigenvalue weighted by Gasteiger charge is 2.22. The summed E-state index contributed by atoms with van der Waals surface area (Å²) in [5.41, 5.74) is 3.70. The molecule has 118 valence electrons. The Bertz CT molecular complexity index is 741. The van der Waals surface area contributed by atoms with Crippen LogP contribution < -0.4 is 0 Å². The Labute approximate surface area is 151 Å². The maximum absolute atomic E-state index is 13.0. The zero-order chi connectivity index (χ0) is 16.2. The van der Waals surface area contributed by atoms with Crippen molar-refractivity contribution < 1.29 is 4.21 Å². The van der Waals surface area contributed by atoms with Gasteiger partial charge in [0.1, 0.15) is 0 Å². The van der Waals surface area contributed by atoms with Crippen LogP contribution >= 0.6 is 34.5 Å². The van der Waals surface area contributed by atoms with Crippen molar-refractivity contribution in [2.24, 2.45) is 0 Å². The fraction of sp³-hybridized carbons (Fsp3) is 0.118. The van der Waals surface area contributed by atoms with E-state index in [0.29, 0.717) is 15.8 Å². The van der Waals surface area contributed by atoms with Crippen molar-refractivity contribution in [3.8, 4) is 0 Å². The largest absolute Gasteiger partial charge is 0.258 e. The number of thiazole rings is 1. The Morgan fingerprint density at radius 2 is 1.48 bits per heavy atom. The SMILES string of the molecule is O=[S@](Cc1cncs1)C(c1ccc(Cl)cc1)c1ccc(Cl)cc1. The third-order valence-electron chi connectivity index (χ3n) is 3.38. The van der Waals surface area contributed by atoms with Crippen molar-refractivity contribution in [1.29, 1.82) is 0 Å². The summed E-state index contributed by atoms with van der Waals surface area (Å²) in [5.74, 6) is 0.473. The van der Waals surface area contributed by atoms with Crippen LogP contribution in [0.2, 0.25) is 10.0 Å². The van der Waals surface area contributed by atoms with E-state index in [1.807, 2.05) is 48.5 Å². The van der Waals surface area contributed by atoms with Crippen LogP contribution in [0.1, 0.15) is 21.3 Å². The van der Waals surface area contributed by atoms with Crippen LogP contribution in [0, 0.1) is 0 Å². The molecule has 0 aliphatic rings. The molecule has 1 heterocycles. The number of aromatic nitrogens is 1. The molecule has 0 bridgehead atoms. The summed E-state index contributed by atoms with van der Waals surface area (Å²) in [7, 11) is -1.12. The normalized spacial score (nSPS) is 12.5. The van der Waals surface area contributed by atoms with Gasteiger partial charge in [0, 0.05) is 31.9 Å². The van der Waals surface area contributed by atoms with Gasteiger partial charge in [0.05, 0.1) is 16.5 Å². The smallest absolute Gasteiger partial charge is 0.0850 e. The Morgan fingerprint density at radius 1 is 0.957 bits per heavy atom. The first-order chi connectivity index (χ1) is 11.1. The molecular weight excluding hydrogens is 369 g/mol. The highest BCUT2D eigenvalue weighted by molar-refractivity contribution is 7.84. The summed E-state index contributed by atoms with van der Waals surface area (Å²) in [5, 5.41) is 1.10. The van der Waals surface area contributed by atoms with Gasteiger partial charge < -0.3 is 0 Å². The average Bonchev–Trinajstić information content (AvgIpc) is 3.04. The molecule has 6 heteroatoms. The number of nitrogens with zero attached hydrogens (tertiary/aromatic N) is 1. The Hall–Kier alpha value is -1.20. The number of benzene rings is 2. The second kappa shape index (κ2) is 7.58. The van der Waals surface area contributed by atoms with Crippen molar-refractivity contribution in [2.45, 2.75) is 11.0 Å². The third kappa shape index (κ3) is 4.21. The van der Waals surface area contributed by atoms with Crippen molar-refractivity contribution in [2.75, 3.05) is 0 Å². The summed E-state index contributed by atoms with van der Waals surface area (Å²) in [6.07, 6.45) is 1.77. The standard InChI is InChI=1S/C17H13Cl2NOS2/c18-14-5-1-12(2-6-14)17(13-3-7-15(19)8-4-13)23(21)10-16-9-20-11-22-16/h1-9,11,17H,10H2/t23-/m1/s1. The molecule has 1 atom stereocenters.